The van der Waals surface area contributed by atoms with Gasteiger partial charge in [-0.2, -0.15) is 0 Å². The summed E-state index contributed by atoms with van der Waals surface area (Å²) in [5.41, 5.74) is 3.89. The molecule has 0 saturated heterocycles. The first-order chi connectivity index (χ1) is 9.13. The zero-order valence-electron chi connectivity index (χ0n) is 11.7. The number of benzene rings is 2. The van der Waals surface area contributed by atoms with Crippen molar-refractivity contribution in [2.75, 3.05) is 11.4 Å². The minimum Gasteiger partial charge on any atom is -0.365 e. The number of aryl methyl sites for hydroxylation is 1. The van der Waals surface area contributed by atoms with E-state index in [1.165, 1.54) is 21.3 Å². The molecule has 19 heavy (non-hydrogen) atoms. The van der Waals surface area contributed by atoms with Gasteiger partial charge in [-0.1, -0.05) is 46.3 Å². The van der Waals surface area contributed by atoms with Crippen LogP contribution in [0.3, 0.4) is 0 Å². The highest BCUT2D eigenvalue weighted by atomic mass is 79.9. The van der Waals surface area contributed by atoms with Crippen molar-refractivity contribution in [1.82, 2.24) is 0 Å². The second-order valence-corrected chi connectivity index (χ2v) is 5.66. The van der Waals surface area contributed by atoms with Gasteiger partial charge in [-0.15, -0.1) is 0 Å². The van der Waals surface area contributed by atoms with E-state index in [2.05, 4.69) is 90.1 Å². The molecule has 0 aliphatic rings. The fraction of sp³-hybridized carbons (Fsp3) is 0.294. The summed E-state index contributed by atoms with van der Waals surface area (Å²) in [7, 11) is 0. The van der Waals surface area contributed by atoms with Crippen molar-refractivity contribution >= 4 is 21.6 Å². The predicted octanol–water partition coefficient (Wildman–Crippen LogP) is 5.35. The highest BCUT2D eigenvalue weighted by Gasteiger charge is 2.15. The molecule has 0 bridgehead atoms. The molecule has 0 N–H and O–H groups in total. The van der Waals surface area contributed by atoms with Crippen LogP contribution in [-0.2, 0) is 0 Å². The molecule has 2 aromatic rings. The predicted molar refractivity (Wildman–Crippen MR) is 86.8 cm³/mol. The van der Waals surface area contributed by atoms with Crippen molar-refractivity contribution in [3.05, 3.63) is 64.1 Å². The maximum Gasteiger partial charge on any atom is 0.0514 e. The van der Waals surface area contributed by atoms with Gasteiger partial charge in [-0.25, -0.2) is 0 Å². The minimum absolute atomic E-state index is 0.365. The Kier molecular flexibility index (Phi) is 4.65. The maximum atomic E-state index is 3.62. The number of hydrogen-bond acceptors (Lipinski definition) is 1. The van der Waals surface area contributed by atoms with Crippen molar-refractivity contribution < 1.29 is 0 Å². The van der Waals surface area contributed by atoms with E-state index in [1.807, 2.05) is 0 Å². The van der Waals surface area contributed by atoms with E-state index in [0.717, 1.165) is 6.54 Å². The summed E-state index contributed by atoms with van der Waals surface area (Å²) in [5, 5.41) is 0. The Morgan fingerprint density at radius 1 is 1.11 bits per heavy atom. The van der Waals surface area contributed by atoms with Crippen molar-refractivity contribution in [1.29, 1.82) is 0 Å². The second kappa shape index (κ2) is 6.25. The molecule has 0 aromatic heterocycles. The van der Waals surface area contributed by atoms with Crippen LogP contribution in [0.4, 0.5) is 5.69 Å². The molecule has 1 unspecified atom stereocenters. The van der Waals surface area contributed by atoms with E-state index >= 15 is 0 Å². The van der Waals surface area contributed by atoms with E-state index in [0.29, 0.717) is 6.04 Å². The van der Waals surface area contributed by atoms with Crippen LogP contribution in [0.1, 0.15) is 31.0 Å². The molecule has 2 aromatic carbocycles. The monoisotopic (exact) mass is 317 g/mol. The van der Waals surface area contributed by atoms with Crippen LogP contribution in [0.5, 0.6) is 0 Å². The van der Waals surface area contributed by atoms with Crippen molar-refractivity contribution in [2.24, 2.45) is 0 Å². The van der Waals surface area contributed by atoms with E-state index in [1.54, 1.807) is 0 Å². The average Bonchev–Trinajstić information content (AvgIpc) is 2.44. The van der Waals surface area contributed by atoms with E-state index in [-0.39, 0.29) is 0 Å². The molecule has 0 fully saturated rings. The molecule has 0 aliphatic carbocycles. The van der Waals surface area contributed by atoms with Crippen LogP contribution in [0.25, 0.3) is 0 Å². The zero-order chi connectivity index (χ0) is 13.8. The van der Waals surface area contributed by atoms with Crippen molar-refractivity contribution in [2.45, 2.75) is 26.8 Å². The summed E-state index contributed by atoms with van der Waals surface area (Å²) in [6.45, 7) is 7.57. The summed E-state index contributed by atoms with van der Waals surface area (Å²) >= 11 is 3.62. The first-order valence-electron chi connectivity index (χ1n) is 6.71. The summed E-state index contributed by atoms with van der Waals surface area (Å²) in [6.07, 6.45) is 0. The number of rotatable bonds is 4. The lowest BCUT2D eigenvalue weighted by Crippen LogP contribution is -2.26. The van der Waals surface area contributed by atoms with Gasteiger partial charge in [0.15, 0.2) is 0 Å². The SMILES string of the molecule is CCN(c1ccccc1)C(C)c1ccc(C)c(Br)c1. The number of para-hydroxylation sites is 1. The average molecular weight is 318 g/mol. The Bertz CT molecular complexity index is 536. The molecule has 0 aliphatic heterocycles. The molecule has 2 heteroatoms. The van der Waals surface area contributed by atoms with Crippen LogP contribution < -0.4 is 4.90 Å². The minimum atomic E-state index is 0.365. The largest absolute Gasteiger partial charge is 0.365 e. The van der Waals surface area contributed by atoms with Crippen LogP contribution in [0, 0.1) is 6.92 Å². The molecule has 1 atom stereocenters. The summed E-state index contributed by atoms with van der Waals surface area (Å²) < 4.78 is 1.18. The molecule has 0 saturated carbocycles. The van der Waals surface area contributed by atoms with Gasteiger partial charge in [-0.3, -0.25) is 0 Å². The van der Waals surface area contributed by atoms with E-state index in [4.69, 9.17) is 0 Å². The van der Waals surface area contributed by atoms with Gasteiger partial charge in [-0.05, 0) is 50.1 Å². The molecule has 100 valence electrons. The van der Waals surface area contributed by atoms with Gasteiger partial charge in [0, 0.05) is 16.7 Å². The standard InChI is InChI=1S/C17H20BrN/c1-4-19(16-8-6-5-7-9-16)14(3)15-11-10-13(2)17(18)12-15/h5-12,14H,4H2,1-3H3. The van der Waals surface area contributed by atoms with Crippen LogP contribution in [0.15, 0.2) is 53.0 Å². The molecule has 0 amide bonds. The third kappa shape index (κ3) is 3.19. The van der Waals surface area contributed by atoms with Crippen molar-refractivity contribution in [3.8, 4) is 0 Å². The Hall–Kier alpha value is -1.28. The van der Waals surface area contributed by atoms with Crippen molar-refractivity contribution in [3.63, 3.8) is 0 Å². The summed E-state index contributed by atoms with van der Waals surface area (Å²) in [4.78, 5) is 2.41. The van der Waals surface area contributed by atoms with E-state index < -0.39 is 0 Å². The molecule has 2 rings (SSSR count). The Labute approximate surface area is 124 Å². The fourth-order valence-electron chi connectivity index (χ4n) is 2.35. The summed E-state index contributed by atoms with van der Waals surface area (Å²) in [6, 6.07) is 17.6. The highest BCUT2D eigenvalue weighted by molar-refractivity contribution is 9.10. The number of hydrogen-bond donors (Lipinski definition) is 0. The molecule has 0 radical (unpaired) electrons. The third-order valence-corrected chi connectivity index (χ3v) is 4.43. The normalized spacial score (nSPS) is 12.2. The highest BCUT2D eigenvalue weighted by Crippen LogP contribution is 2.29. The third-order valence-electron chi connectivity index (χ3n) is 3.57. The molecular formula is C17H20BrN. The van der Waals surface area contributed by atoms with Gasteiger partial charge in [0.25, 0.3) is 0 Å². The first kappa shape index (κ1) is 14.1. The van der Waals surface area contributed by atoms with Gasteiger partial charge in [0.05, 0.1) is 6.04 Å². The zero-order valence-corrected chi connectivity index (χ0v) is 13.3. The lowest BCUT2D eigenvalue weighted by Gasteiger charge is -2.30. The fourth-order valence-corrected chi connectivity index (χ4v) is 2.74. The molecular weight excluding hydrogens is 298 g/mol. The lowest BCUT2D eigenvalue weighted by molar-refractivity contribution is 0.689. The molecule has 0 spiro atoms. The Morgan fingerprint density at radius 2 is 1.79 bits per heavy atom. The molecule has 1 nitrogen and oxygen atoms in total. The Morgan fingerprint density at radius 3 is 2.37 bits per heavy atom. The van der Waals surface area contributed by atoms with Crippen LogP contribution in [-0.4, -0.2) is 6.54 Å². The maximum absolute atomic E-state index is 3.62. The van der Waals surface area contributed by atoms with E-state index in [9.17, 15) is 0 Å². The van der Waals surface area contributed by atoms with Gasteiger partial charge in [0.1, 0.15) is 0 Å². The second-order valence-electron chi connectivity index (χ2n) is 4.81. The number of nitrogens with zero attached hydrogens (tertiary/aromatic N) is 1. The van der Waals surface area contributed by atoms with Gasteiger partial charge < -0.3 is 4.90 Å². The number of halogens is 1. The number of anilines is 1. The van der Waals surface area contributed by atoms with Gasteiger partial charge >= 0.3 is 0 Å². The van der Waals surface area contributed by atoms with Crippen LogP contribution in [0.2, 0.25) is 0 Å². The summed E-state index contributed by atoms with van der Waals surface area (Å²) in [5.74, 6) is 0. The van der Waals surface area contributed by atoms with Crippen LogP contribution >= 0.6 is 15.9 Å². The Balaban J connectivity index is 2.30. The smallest absolute Gasteiger partial charge is 0.0514 e. The lowest BCUT2D eigenvalue weighted by atomic mass is 10.0. The quantitative estimate of drug-likeness (QED) is 0.735. The molecule has 0 heterocycles. The topological polar surface area (TPSA) is 3.24 Å². The van der Waals surface area contributed by atoms with Gasteiger partial charge in [0.2, 0.25) is 0 Å². The first-order valence-corrected chi connectivity index (χ1v) is 7.50.